The van der Waals surface area contributed by atoms with Crippen molar-refractivity contribution in [3.05, 3.63) is 51.5 Å². The van der Waals surface area contributed by atoms with Crippen LogP contribution in [0.25, 0.3) is 11.1 Å². The third kappa shape index (κ3) is 3.86. The highest BCUT2D eigenvalue weighted by molar-refractivity contribution is 7.99. The van der Waals surface area contributed by atoms with Gasteiger partial charge < -0.3 is 9.73 Å². The zero-order valence-corrected chi connectivity index (χ0v) is 15.4. The minimum atomic E-state index is -0.172. The largest absolute Gasteiger partial charge is 0.431 e. The summed E-state index contributed by atoms with van der Waals surface area (Å²) in [5.41, 5.74) is 3.92. The second kappa shape index (κ2) is 7.05. The van der Waals surface area contributed by atoms with Crippen molar-refractivity contribution in [1.29, 1.82) is 0 Å². The Labute approximate surface area is 153 Å². The van der Waals surface area contributed by atoms with Crippen LogP contribution in [0.2, 0.25) is 10.0 Å². The fourth-order valence-corrected chi connectivity index (χ4v) is 3.49. The molecule has 0 unspecified atom stereocenters. The van der Waals surface area contributed by atoms with Crippen LogP contribution in [0.1, 0.15) is 11.1 Å². The molecule has 1 aromatic heterocycles. The molecule has 1 N–H and O–H groups in total. The number of fused-ring (bicyclic) bond motifs is 1. The number of hydrogen-bond acceptors (Lipinski definition) is 4. The van der Waals surface area contributed by atoms with Gasteiger partial charge in [-0.25, -0.2) is 4.98 Å². The smallest absolute Gasteiger partial charge is 0.257 e. The van der Waals surface area contributed by atoms with Crippen LogP contribution < -0.4 is 5.32 Å². The van der Waals surface area contributed by atoms with Gasteiger partial charge in [-0.3, -0.25) is 4.79 Å². The summed E-state index contributed by atoms with van der Waals surface area (Å²) in [6.45, 7) is 3.87. The summed E-state index contributed by atoms with van der Waals surface area (Å²) in [5.74, 6) is -0.00126. The summed E-state index contributed by atoms with van der Waals surface area (Å²) in [4.78, 5) is 16.5. The Morgan fingerprint density at radius 3 is 2.79 bits per heavy atom. The number of oxazole rings is 1. The number of carbonyl (C=O) groups excluding carboxylic acids is 1. The highest BCUT2D eigenvalue weighted by Gasteiger charge is 2.12. The minimum Gasteiger partial charge on any atom is -0.431 e. The molecule has 0 aliphatic carbocycles. The number of rotatable bonds is 4. The number of anilines is 1. The lowest BCUT2D eigenvalue weighted by Gasteiger charge is -2.11. The topological polar surface area (TPSA) is 55.1 Å². The molecule has 0 atom stereocenters. The highest BCUT2D eigenvalue weighted by Crippen LogP contribution is 2.29. The fraction of sp³-hybridized carbons (Fsp3) is 0.176. The Balaban J connectivity index is 1.67. The lowest BCUT2D eigenvalue weighted by Crippen LogP contribution is -2.15. The second-order valence-electron chi connectivity index (χ2n) is 5.37. The molecule has 124 valence electrons. The van der Waals surface area contributed by atoms with E-state index in [-0.39, 0.29) is 11.7 Å². The molecule has 0 bridgehead atoms. The highest BCUT2D eigenvalue weighted by atomic mass is 35.5. The molecule has 4 nitrogen and oxygen atoms in total. The third-order valence-electron chi connectivity index (χ3n) is 3.35. The fourth-order valence-electron chi connectivity index (χ4n) is 2.32. The maximum atomic E-state index is 12.2. The Kier molecular flexibility index (Phi) is 5.04. The molecule has 0 aliphatic rings. The van der Waals surface area contributed by atoms with Crippen molar-refractivity contribution < 1.29 is 9.21 Å². The molecular formula is C17H14Cl2N2O2S. The van der Waals surface area contributed by atoms with Gasteiger partial charge >= 0.3 is 0 Å². The van der Waals surface area contributed by atoms with E-state index in [1.807, 2.05) is 26.0 Å². The van der Waals surface area contributed by atoms with Gasteiger partial charge in [0, 0.05) is 5.02 Å². The van der Waals surface area contributed by atoms with E-state index in [2.05, 4.69) is 10.3 Å². The molecule has 0 saturated heterocycles. The number of aromatic nitrogens is 1. The summed E-state index contributed by atoms with van der Waals surface area (Å²) in [6.07, 6.45) is 0. The number of nitrogens with one attached hydrogen (secondary N) is 1. The minimum absolute atomic E-state index is 0.171. The molecule has 2 aromatic carbocycles. The molecule has 3 aromatic rings. The zero-order chi connectivity index (χ0) is 17.3. The van der Waals surface area contributed by atoms with E-state index >= 15 is 0 Å². The van der Waals surface area contributed by atoms with Crippen molar-refractivity contribution in [2.45, 2.75) is 19.1 Å². The van der Waals surface area contributed by atoms with Crippen molar-refractivity contribution in [1.82, 2.24) is 4.98 Å². The Bertz CT molecular complexity index is 901. The zero-order valence-electron chi connectivity index (χ0n) is 13.0. The van der Waals surface area contributed by atoms with Gasteiger partial charge in [-0.05, 0) is 49.2 Å². The standard InChI is InChI=1S/C17H14Cl2N2O2S/c1-9-5-10(2)16(12(19)6-9)21-15(22)8-24-17-20-13-7-11(18)3-4-14(13)23-17/h3-7H,8H2,1-2H3,(H,21,22). The van der Waals surface area contributed by atoms with Gasteiger partial charge in [-0.1, -0.05) is 41.0 Å². The number of nitrogens with zero attached hydrogens (tertiary/aromatic N) is 1. The van der Waals surface area contributed by atoms with Gasteiger partial charge in [0.2, 0.25) is 5.91 Å². The molecule has 0 saturated carbocycles. The molecule has 0 spiro atoms. The number of amides is 1. The number of aryl methyl sites for hydroxylation is 2. The second-order valence-corrected chi connectivity index (χ2v) is 7.14. The van der Waals surface area contributed by atoms with Crippen molar-refractivity contribution in [2.75, 3.05) is 11.1 Å². The van der Waals surface area contributed by atoms with Crippen molar-refractivity contribution in [2.24, 2.45) is 0 Å². The summed E-state index contributed by atoms with van der Waals surface area (Å²) < 4.78 is 5.57. The molecular weight excluding hydrogens is 367 g/mol. The van der Waals surface area contributed by atoms with Gasteiger partial charge in [-0.15, -0.1) is 0 Å². The monoisotopic (exact) mass is 380 g/mol. The van der Waals surface area contributed by atoms with E-state index in [0.29, 0.717) is 32.1 Å². The maximum absolute atomic E-state index is 12.2. The summed E-state index contributed by atoms with van der Waals surface area (Å²) in [6, 6.07) is 9.00. The first-order chi connectivity index (χ1) is 11.4. The molecule has 24 heavy (non-hydrogen) atoms. The number of halogens is 2. The quantitative estimate of drug-likeness (QED) is 0.608. The number of benzene rings is 2. The van der Waals surface area contributed by atoms with Crippen molar-refractivity contribution in [3.8, 4) is 0 Å². The average Bonchev–Trinajstić information content (AvgIpc) is 2.90. The van der Waals surface area contributed by atoms with E-state index in [9.17, 15) is 4.79 Å². The Morgan fingerprint density at radius 2 is 2.04 bits per heavy atom. The molecule has 1 heterocycles. The average molecular weight is 381 g/mol. The van der Waals surface area contributed by atoms with Gasteiger partial charge in [0.25, 0.3) is 5.22 Å². The number of carbonyl (C=O) groups is 1. The predicted molar refractivity (Wildman–Crippen MR) is 99.3 cm³/mol. The number of hydrogen-bond donors (Lipinski definition) is 1. The van der Waals surface area contributed by atoms with Gasteiger partial charge in [0.1, 0.15) is 5.52 Å². The lowest BCUT2D eigenvalue weighted by atomic mass is 10.1. The van der Waals surface area contributed by atoms with E-state index in [1.54, 1.807) is 18.2 Å². The first-order valence-corrected chi connectivity index (χ1v) is 8.92. The normalized spacial score (nSPS) is 11.0. The summed E-state index contributed by atoms with van der Waals surface area (Å²) in [5, 5.41) is 4.38. The van der Waals surface area contributed by atoms with E-state index in [0.717, 1.165) is 11.1 Å². The molecule has 0 radical (unpaired) electrons. The molecule has 7 heteroatoms. The molecule has 3 rings (SSSR count). The van der Waals surface area contributed by atoms with E-state index in [1.165, 1.54) is 11.8 Å². The van der Waals surface area contributed by atoms with Gasteiger partial charge in [-0.2, -0.15) is 0 Å². The summed E-state index contributed by atoms with van der Waals surface area (Å²) >= 11 is 13.3. The first kappa shape index (κ1) is 17.1. The molecule has 1 amide bonds. The van der Waals surface area contributed by atoms with Crippen LogP contribution >= 0.6 is 35.0 Å². The van der Waals surface area contributed by atoms with Crippen LogP contribution in [0.5, 0.6) is 0 Å². The maximum Gasteiger partial charge on any atom is 0.257 e. The van der Waals surface area contributed by atoms with Crippen LogP contribution in [0, 0.1) is 13.8 Å². The molecule has 0 aliphatic heterocycles. The SMILES string of the molecule is Cc1cc(C)c(NC(=O)CSc2nc3cc(Cl)ccc3o2)c(Cl)c1. The number of thioether (sulfide) groups is 1. The van der Waals surface area contributed by atoms with Crippen LogP contribution in [0.15, 0.2) is 40.0 Å². The van der Waals surface area contributed by atoms with Crippen LogP contribution in [-0.4, -0.2) is 16.6 Å². The predicted octanol–water partition coefficient (Wildman–Crippen LogP) is 5.48. The van der Waals surface area contributed by atoms with E-state index < -0.39 is 0 Å². The van der Waals surface area contributed by atoms with Gasteiger partial charge in [0.15, 0.2) is 5.58 Å². The lowest BCUT2D eigenvalue weighted by molar-refractivity contribution is -0.113. The Morgan fingerprint density at radius 1 is 1.25 bits per heavy atom. The van der Waals surface area contributed by atoms with Crippen LogP contribution in [0.3, 0.4) is 0 Å². The Hall–Kier alpha value is -1.69. The van der Waals surface area contributed by atoms with Crippen molar-refractivity contribution >= 4 is 57.7 Å². The first-order valence-electron chi connectivity index (χ1n) is 7.18. The summed E-state index contributed by atoms with van der Waals surface area (Å²) in [7, 11) is 0. The van der Waals surface area contributed by atoms with E-state index in [4.69, 9.17) is 27.6 Å². The van der Waals surface area contributed by atoms with Crippen molar-refractivity contribution in [3.63, 3.8) is 0 Å². The third-order valence-corrected chi connectivity index (χ3v) is 4.71. The molecule has 0 fully saturated rings. The van der Waals surface area contributed by atoms with Gasteiger partial charge in [0.05, 0.1) is 16.5 Å². The van der Waals surface area contributed by atoms with Crippen LogP contribution in [-0.2, 0) is 4.79 Å². The van der Waals surface area contributed by atoms with Crippen LogP contribution in [0.4, 0.5) is 5.69 Å².